The van der Waals surface area contributed by atoms with Gasteiger partial charge in [-0.3, -0.25) is 19.2 Å². The van der Waals surface area contributed by atoms with Gasteiger partial charge < -0.3 is 29.7 Å². The first-order valence-electron chi connectivity index (χ1n) is 16.4. The summed E-state index contributed by atoms with van der Waals surface area (Å²) < 4.78 is 14.3. The van der Waals surface area contributed by atoms with Crippen molar-refractivity contribution in [1.29, 1.82) is 0 Å². The van der Waals surface area contributed by atoms with Crippen molar-refractivity contribution in [2.75, 3.05) is 19.7 Å². The zero-order valence-corrected chi connectivity index (χ0v) is 26.6. The van der Waals surface area contributed by atoms with Crippen LogP contribution < -0.4 is 5.32 Å². The standard InChI is InChI=1S/C35H38N6O7/c1-22-30(23-11-4-2-5-12-23)47-34(46)28-26-16-17-35(48-26)29(28)32(44)40(19-10-20-42)31(35)33(45)39(18-9-3-6-15-27(43)36-22)21-41-25-14-8-7-13-24(25)37-38-41/h2-5,7-9,11-14,16-17,22,26,28-31,42H,6,10,15,18-21H2,1H3,(H,36,43)/b9-3-/t22-,26+,28-,29-,30+,31+,35-/m1/s1. The number of aromatic nitrogens is 3. The van der Waals surface area contributed by atoms with Gasteiger partial charge in [-0.25, -0.2) is 4.68 Å². The van der Waals surface area contributed by atoms with E-state index in [9.17, 15) is 24.3 Å². The van der Waals surface area contributed by atoms with Crippen LogP contribution in [0.4, 0.5) is 0 Å². The topological polar surface area (TPSA) is 156 Å². The number of carbonyl (C=O) groups excluding carboxylic acids is 4. The number of aliphatic hydroxyl groups excluding tert-OH is 1. The predicted octanol–water partition coefficient (Wildman–Crippen LogP) is 1.89. The summed E-state index contributed by atoms with van der Waals surface area (Å²) >= 11 is 0. The van der Waals surface area contributed by atoms with E-state index >= 15 is 0 Å². The minimum absolute atomic E-state index is 0.0261. The number of ether oxygens (including phenoxy) is 2. The third-order valence-electron chi connectivity index (χ3n) is 9.72. The molecule has 2 aromatic carbocycles. The number of allylic oxidation sites excluding steroid dienone is 1. The number of hydrogen-bond acceptors (Lipinski definition) is 9. The molecule has 1 aromatic heterocycles. The molecule has 3 amide bonds. The summed E-state index contributed by atoms with van der Waals surface area (Å²) in [6.45, 7) is 1.87. The molecule has 0 radical (unpaired) electrons. The first-order chi connectivity index (χ1) is 23.3. The molecule has 4 aliphatic heterocycles. The molecule has 7 rings (SSSR count). The minimum atomic E-state index is -1.42. The van der Waals surface area contributed by atoms with Crippen LogP contribution in [-0.4, -0.2) is 97.1 Å². The lowest BCUT2D eigenvalue weighted by Gasteiger charge is -2.35. The molecule has 0 saturated carbocycles. The molecule has 5 bridgehead atoms. The van der Waals surface area contributed by atoms with E-state index in [1.807, 2.05) is 66.7 Å². The Hall–Kier alpha value is -4.88. The van der Waals surface area contributed by atoms with E-state index in [1.165, 1.54) is 4.90 Å². The van der Waals surface area contributed by atoms with E-state index < -0.39 is 59.5 Å². The number of carbonyl (C=O) groups is 4. The largest absolute Gasteiger partial charge is 0.455 e. The average molecular weight is 655 g/mol. The number of nitrogens with one attached hydrogen (secondary N) is 1. The van der Waals surface area contributed by atoms with E-state index in [-0.39, 0.29) is 45.1 Å². The molecule has 0 unspecified atom stereocenters. The Labute approximate surface area is 277 Å². The molecular formula is C35H38N6O7. The van der Waals surface area contributed by atoms with Crippen molar-refractivity contribution >= 4 is 34.7 Å². The maximum absolute atomic E-state index is 14.8. The van der Waals surface area contributed by atoms with Gasteiger partial charge in [0, 0.05) is 26.1 Å². The van der Waals surface area contributed by atoms with Crippen LogP contribution in [0.15, 0.2) is 78.9 Å². The second-order valence-corrected chi connectivity index (χ2v) is 12.7. The molecule has 2 N–H and O–H groups in total. The number of rotatable bonds is 6. The molecule has 250 valence electrons. The number of aliphatic hydroxyl groups is 1. The molecule has 2 saturated heterocycles. The van der Waals surface area contributed by atoms with Gasteiger partial charge in [-0.2, -0.15) is 0 Å². The van der Waals surface area contributed by atoms with Crippen LogP contribution in [0.1, 0.15) is 37.9 Å². The SMILES string of the molecule is C[C@H]1NC(=O)CC/C=C\CN(Cn2nnc3ccccc32)C(=O)[C@@H]2N(CCCO)C(=O)[C@H]3[C@H](C(=O)O[C@@H]1c1ccccc1)[C@@H]1C=C[C@]23O1. The lowest BCUT2D eigenvalue weighted by atomic mass is 9.74. The lowest BCUT2D eigenvalue weighted by molar-refractivity contribution is -0.161. The zero-order chi connectivity index (χ0) is 33.4. The van der Waals surface area contributed by atoms with Crippen LogP contribution in [0.25, 0.3) is 11.0 Å². The van der Waals surface area contributed by atoms with Crippen LogP contribution in [0.3, 0.4) is 0 Å². The lowest BCUT2D eigenvalue weighted by Crippen LogP contribution is -2.56. The average Bonchev–Trinajstić information content (AvgIpc) is 3.84. The Kier molecular flexibility index (Phi) is 8.56. The summed E-state index contributed by atoms with van der Waals surface area (Å²) in [5.41, 5.74) is 0.673. The number of benzene rings is 2. The molecule has 7 atom stereocenters. The summed E-state index contributed by atoms with van der Waals surface area (Å²) in [4.78, 5) is 59.3. The van der Waals surface area contributed by atoms with E-state index in [0.717, 1.165) is 5.52 Å². The highest BCUT2D eigenvalue weighted by molar-refractivity contribution is 5.99. The quantitative estimate of drug-likeness (QED) is 0.299. The van der Waals surface area contributed by atoms with Crippen molar-refractivity contribution in [2.45, 2.75) is 62.7 Å². The summed E-state index contributed by atoms with van der Waals surface area (Å²) in [7, 11) is 0. The molecule has 2 fully saturated rings. The van der Waals surface area contributed by atoms with Gasteiger partial charge in [-0.15, -0.1) is 5.10 Å². The maximum Gasteiger partial charge on any atom is 0.313 e. The van der Waals surface area contributed by atoms with Gasteiger partial charge in [-0.1, -0.05) is 72.0 Å². The highest BCUT2D eigenvalue weighted by atomic mass is 16.6. The second-order valence-electron chi connectivity index (χ2n) is 12.7. The van der Waals surface area contributed by atoms with E-state index in [0.29, 0.717) is 17.5 Å². The van der Waals surface area contributed by atoms with Crippen molar-refractivity contribution in [3.8, 4) is 0 Å². The van der Waals surface area contributed by atoms with Crippen LogP contribution in [0.2, 0.25) is 0 Å². The van der Waals surface area contributed by atoms with E-state index in [2.05, 4.69) is 15.6 Å². The fraction of sp³-hybridized carbons (Fsp3) is 0.429. The first kappa shape index (κ1) is 31.7. The van der Waals surface area contributed by atoms with Gasteiger partial charge in [0.1, 0.15) is 35.9 Å². The monoisotopic (exact) mass is 654 g/mol. The van der Waals surface area contributed by atoms with E-state index in [1.54, 1.807) is 28.7 Å². The summed E-state index contributed by atoms with van der Waals surface area (Å²) in [5.74, 6) is -3.70. The number of fused-ring (bicyclic) bond motifs is 3. The van der Waals surface area contributed by atoms with Crippen LogP contribution >= 0.6 is 0 Å². The summed E-state index contributed by atoms with van der Waals surface area (Å²) in [5, 5.41) is 21.2. The third kappa shape index (κ3) is 5.46. The van der Waals surface area contributed by atoms with Crippen LogP contribution in [0, 0.1) is 11.8 Å². The van der Waals surface area contributed by atoms with Crippen molar-refractivity contribution in [1.82, 2.24) is 30.1 Å². The molecule has 4 aliphatic rings. The Morgan fingerprint density at radius 3 is 2.62 bits per heavy atom. The Morgan fingerprint density at radius 2 is 1.81 bits per heavy atom. The number of esters is 1. The first-order valence-corrected chi connectivity index (χ1v) is 16.4. The second kappa shape index (κ2) is 13.0. The Morgan fingerprint density at radius 1 is 1.02 bits per heavy atom. The van der Waals surface area contributed by atoms with Crippen molar-refractivity contribution in [3.63, 3.8) is 0 Å². The van der Waals surface area contributed by atoms with Crippen LogP contribution in [0.5, 0.6) is 0 Å². The summed E-state index contributed by atoms with van der Waals surface area (Å²) in [6.07, 6.45) is 6.37. The molecule has 3 aromatic rings. The molecule has 1 spiro atoms. The maximum atomic E-state index is 14.8. The molecule has 0 aliphatic carbocycles. The number of hydrogen-bond donors (Lipinski definition) is 2. The number of para-hydroxylation sites is 1. The van der Waals surface area contributed by atoms with Gasteiger partial charge in [0.2, 0.25) is 11.8 Å². The van der Waals surface area contributed by atoms with Crippen molar-refractivity contribution in [2.24, 2.45) is 11.8 Å². The number of likely N-dealkylation sites (tertiary alicyclic amines) is 1. The third-order valence-corrected chi connectivity index (χ3v) is 9.72. The highest BCUT2D eigenvalue weighted by Gasteiger charge is 2.73. The summed E-state index contributed by atoms with van der Waals surface area (Å²) in [6, 6.07) is 14.9. The van der Waals surface area contributed by atoms with Gasteiger partial charge in [-0.05, 0) is 37.5 Å². The Balaban J connectivity index is 1.29. The van der Waals surface area contributed by atoms with Gasteiger partial charge in [0.15, 0.2) is 0 Å². The molecule has 13 nitrogen and oxygen atoms in total. The normalized spacial score (nSPS) is 31.3. The minimum Gasteiger partial charge on any atom is -0.455 e. The fourth-order valence-corrected chi connectivity index (χ4v) is 7.51. The highest BCUT2D eigenvalue weighted by Crippen LogP contribution is 2.56. The van der Waals surface area contributed by atoms with Crippen LogP contribution in [-0.2, 0) is 35.3 Å². The number of amides is 3. The zero-order valence-electron chi connectivity index (χ0n) is 26.6. The molecular weight excluding hydrogens is 616 g/mol. The number of nitrogens with zero attached hydrogens (tertiary/aromatic N) is 5. The Bertz CT molecular complexity index is 1770. The number of cyclic esters (lactones) is 1. The smallest absolute Gasteiger partial charge is 0.313 e. The van der Waals surface area contributed by atoms with Crippen molar-refractivity contribution < 1.29 is 33.8 Å². The van der Waals surface area contributed by atoms with Gasteiger partial charge >= 0.3 is 5.97 Å². The predicted molar refractivity (Wildman–Crippen MR) is 171 cm³/mol. The molecule has 5 heterocycles. The molecule has 48 heavy (non-hydrogen) atoms. The van der Waals surface area contributed by atoms with Gasteiger partial charge in [0.25, 0.3) is 5.91 Å². The van der Waals surface area contributed by atoms with Gasteiger partial charge in [0.05, 0.1) is 23.6 Å². The fourth-order valence-electron chi connectivity index (χ4n) is 7.51. The van der Waals surface area contributed by atoms with Crippen molar-refractivity contribution in [3.05, 3.63) is 84.5 Å². The van der Waals surface area contributed by atoms with E-state index in [4.69, 9.17) is 9.47 Å². The molecule has 13 heteroatoms.